The first kappa shape index (κ1) is 15.4. The smallest absolute Gasteiger partial charge is 0.273 e. The third-order valence-electron chi connectivity index (χ3n) is 3.59. The highest BCUT2D eigenvalue weighted by molar-refractivity contribution is 7.03. The lowest BCUT2D eigenvalue weighted by Crippen LogP contribution is -2.26. The second kappa shape index (κ2) is 6.29. The summed E-state index contributed by atoms with van der Waals surface area (Å²) in [6.45, 7) is 5.94. The molecule has 0 saturated heterocycles. The number of nitrogens with one attached hydrogen (secondary N) is 1. The molecule has 23 heavy (non-hydrogen) atoms. The van der Waals surface area contributed by atoms with Gasteiger partial charge in [-0.2, -0.15) is 5.10 Å². The average Bonchev–Trinajstić information content (AvgIpc) is 3.17. The van der Waals surface area contributed by atoms with Crippen LogP contribution >= 0.6 is 11.5 Å². The summed E-state index contributed by atoms with van der Waals surface area (Å²) in [7, 11) is 0. The van der Waals surface area contributed by atoms with Crippen LogP contribution in [-0.2, 0) is 0 Å². The number of benzene rings is 1. The molecule has 1 N–H and O–H groups in total. The molecule has 0 aliphatic rings. The van der Waals surface area contributed by atoms with E-state index >= 15 is 0 Å². The molecule has 1 amide bonds. The molecule has 1 aromatic carbocycles. The zero-order valence-corrected chi connectivity index (χ0v) is 14.0. The van der Waals surface area contributed by atoms with Crippen molar-refractivity contribution in [1.29, 1.82) is 0 Å². The highest BCUT2D eigenvalue weighted by Gasteiger charge is 2.14. The molecule has 0 saturated carbocycles. The van der Waals surface area contributed by atoms with E-state index in [-0.39, 0.29) is 11.9 Å². The Morgan fingerprint density at radius 2 is 2.00 bits per heavy atom. The monoisotopic (exact) mass is 327 g/mol. The van der Waals surface area contributed by atoms with E-state index in [1.807, 2.05) is 55.8 Å². The molecule has 3 aromatic rings. The molecule has 0 aliphatic heterocycles. The van der Waals surface area contributed by atoms with Gasteiger partial charge in [-0.1, -0.05) is 16.6 Å². The fourth-order valence-corrected chi connectivity index (χ4v) is 2.85. The maximum Gasteiger partial charge on any atom is 0.273 e. The standard InChI is InChI=1S/C16H17N5OS/c1-10-8-11(2)21(19-10)14-6-4-13(5-7-14)12(3)17-16(22)15-9-23-20-18-15/h4-9,12H,1-3H3,(H,17,22). The number of amides is 1. The van der Waals surface area contributed by atoms with Gasteiger partial charge in [0.15, 0.2) is 5.69 Å². The molecule has 3 rings (SSSR count). The Morgan fingerprint density at radius 3 is 2.57 bits per heavy atom. The number of aryl methyl sites for hydroxylation is 2. The van der Waals surface area contributed by atoms with Crippen molar-refractivity contribution < 1.29 is 4.79 Å². The van der Waals surface area contributed by atoms with Crippen LogP contribution in [0.1, 0.15) is 40.4 Å². The summed E-state index contributed by atoms with van der Waals surface area (Å²) in [4.78, 5) is 12.0. The zero-order valence-electron chi connectivity index (χ0n) is 13.1. The van der Waals surface area contributed by atoms with Gasteiger partial charge in [0.2, 0.25) is 0 Å². The van der Waals surface area contributed by atoms with Crippen molar-refractivity contribution in [2.45, 2.75) is 26.8 Å². The number of hydrogen-bond acceptors (Lipinski definition) is 5. The van der Waals surface area contributed by atoms with Crippen LogP contribution in [0.4, 0.5) is 0 Å². The van der Waals surface area contributed by atoms with E-state index in [2.05, 4.69) is 20.0 Å². The number of carbonyl (C=O) groups is 1. The van der Waals surface area contributed by atoms with Crippen LogP contribution in [0.5, 0.6) is 0 Å². The van der Waals surface area contributed by atoms with Gasteiger partial charge in [0, 0.05) is 11.1 Å². The van der Waals surface area contributed by atoms with E-state index in [9.17, 15) is 4.79 Å². The fraction of sp³-hybridized carbons (Fsp3) is 0.250. The van der Waals surface area contributed by atoms with E-state index in [1.165, 1.54) is 0 Å². The quantitative estimate of drug-likeness (QED) is 0.800. The molecule has 2 aromatic heterocycles. The van der Waals surface area contributed by atoms with Crippen molar-refractivity contribution in [3.63, 3.8) is 0 Å². The summed E-state index contributed by atoms with van der Waals surface area (Å²) in [6.07, 6.45) is 0. The first-order chi connectivity index (χ1) is 11.0. The predicted molar refractivity (Wildman–Crippen MR) is 88.8 cm³/mol. The Kier molecular flexibility index (Phi) is 4.20. The number of hydrogen-bond donors (Lipinski definition) is 1. The van der Waals surface area contributed by atoms with Crippen LogP contribution < -0.4 is 5.32 Å². The van der Waals surface area contributed by atoms with Crippen molar-refractivity contribution in [3.8, 4) is 5.69 Å². The molecule has 118 valence electrons. The van der Waals surface area contributed by atoms with Gasteiger partial charge >= 0.3 is 0 Å². The summed E-state index contributed by atoms with van der Waals surface area (Å²) in [5.74, 6) is -0.214. The number of carbonyl (C=O) groups excluding carboxylic acids is 1. The van der Waals surface area contributed by atoms with E-state index in [0.29, 0.717) is 5.69 Å². The van der Waals surface area contributed by atoms with Crippen molar-refractivity contribution in [2.24, 2.45) is 0 Å². The van der Waals surface area contributed by atoms with Crippen LogP contribution in [0.15, 0.2) is 35.7 Å². The maximum absolute atomic E-state index is 12.0. The Balaban J connectivity index is 1.74. The Labute approximate surface area is 138 Å². The van der Waals surface area contributed by atoms with E-state index in [0.717, 1.165) is 34.2 Å². The van der Waals surface area contributed by atoms with E-state index in [1.54, 1.807) is 5.38 Å². The van der Waals surface area contributed by atoms with Gasteiger partial charge < -0.3 is 5.32 Å². The summed E-state index contributed by atoms with van der Waals surface area (Å²) in [5.41, 5.74) is 4.45. The van der Waals surface area contributed by atoms with E-state index < -0.39 is 0 Å². The van der Waals surface area contributed by atoms with Gasteiger partial charge in [0.25, 0.3) is 5.91 Å². The van der Waals surface area contributed by atoms with Crippen molar-refractivity contribution in [3.05, 3.63) is 58.4 Å². The molecule has 0 fully saturated rings. The largest absolute Gasteiger partial charge is 0.344 e. The molecule has 1 atom stereocenters. The molecule has 7 heteroatoms. The van der Waals surface area contributed by atoms with Gasteiger partial charge in [-0.05, 0) is 56.1 Å². The van der Waals surface area contributed by atoms with Gasteiger partial charge in [-0.3, -0.25) is 4.79 Å². The third-order valence-corrected chi connectivity index (χ3v) is 4.09. The van der Waals surface area contributed by atoms with Gasteiger partial charge in [-0.15, -0.1) is 5.10 Å². The van der Waals surface area contributed by atoms with Crippen molar-refractivity contribution in [2.75, 3.05) is 0 Å². The predicted octanol–water partition coefficient (Wildman–Crippen LogP) is 2.83. The zero-order chi connectivity index (χ0) is 16.4. The van der Waals surface area contributed by atoms with Crippen LogP contribution in [0.25, 0.3) is 5.69 Å². The fourth-order valence-electron chi connectivity index (χ4n) is 2.41. The molecule has 0 aliphatic carbocycles. The number of aromatic nitrogens is 4. The second-order valence-electron chi connectivity index (χ2n) is 5.42. The molecule has 1 unspecified atom stereocenters. The first-order valence-electron chi connectivity index (χ1n) is 7.26. The Morgan fingerprint density at radius 1 is 1.26 bits per heavy atom. The van der Waals surface area contributed by atoms with E-state index in [4.69, 9.17) is 0 Å². The molecule has 0 radical (unpaired) electrons. The minimum Gasteiger partial charge on any atom is -0.344 e. The van der Waals surface area contributed by atoms with Crippen molar-refractivity contribution in [1.82, 2.24) is 24.7 Å². The summed E-state index contributed by atoms with van der Waals surface area (Å²) < 4.78 is 5.61. The lowest BCUT2D eigenvalue weighted by molar-refractivity contribution is 0.0935. The Bertz CT molecular complexity index is 808. The highest BCUT2D eigenvalue weighted by atomic mass is 32.1. The maximum atomic E-state index is 12.0. The van der Waals surface area contributed by atoms with Crippen LogP contribution in [0.2, 0.25) is 0 Å². The lowest BCUT2D eigenvalue weighted by atomic mass is 10.1. The van der Waals surface area contributed by atoms with Gasteiger partial charge in [0.05, 0.1) is 17.4 Å². The molecule has 2 heterocycles. The topological polar surface area (TPSA) is 72.7 Å². The highest BCUT2D eigenvalue weighted by Crippen LogP contribution is 2.17. The van der Waals surface area contributed by atoms with Crippen LogP contribution in [0.3, 0.4) is 0 Å². The molecular formula is C16H17N5OS. The molecule has 6 nitrogen and oxygen atoms in total. The normalized spacial score (nSPS) is 12.1. The average molecular weight is 327 g/mol. The summed E-state index contributed by atoms with van der Waals surface area (Å²) >= 11 is 1.16. The number of nitrogens with zero attached hydrogens (tertiary/aromatic N) is 4. The van der Waals surface area contributed by atoms with Gasteiger partial charge in [-0.25, -0.2) is 4.68 Å². The minimum atomic E-state index is -0.214. The first-order valence-corrected chi connectivity index (χ1v) is 8.10. The SMILES string of the molecule is Cc1cc(C)n(-c2ccc(C(C)NC(=O)c3csnn3)cc2)n1. The van der Waals surface area contributed by atoms with Crippen LogP contribution in [-0.4, -0.2) is 25.3 Å². The summed E-state index contributed by atoms with van der Waals surface area (Å²) in [5, 5.41) is 12.8. The van der Waals surface area contributed by atoms with Gasteiger partial charge in [0.1, 0.15) is 0 Å². The molecular weight excluding hydrogens is 310 g/mol. The second-order valence-corrected chi connectivity index (χ2v) is 6.03. The van der Waals surface area contributed by atoms with Crippen molar-refractivity contribution >= 4 is 17.4 Å². The number of rotatable bonds is 4. The lowest BCUT2D eigenvalue weighted by Gasteiger charge is -2.14. The molecule has 0 spiro atoms. The minimum absolute atomic E-state index is 0.112. The third kappa shape index (κ3) is 3.29. The van der Waals surface area contributed by atoms with Crippen LogP contribution in [0, 0.1) is 13.8 Å². The molecule has 0 bridgehead atoms. The summed E-state index contributed by atoms with van der Waals surface area (Å²) in [6, 6.07) is 9.92. The Hall–Kier alpha value is -2.54.